The molecule has 0 saturated carbocycles. The first-order valence-corrected chi connectivity index (χ1v) is 25.6. The molecule has 370 valence electrons. The number of fused-ring (bicyclic) bond motifs is 3. The number of aromatic nitrogens is 6. The van der Waals surface area contributed by atoms with E-state index in [0.717, 1.165) is 72.3 Å². The zero-order chi connectivity index (χ0) is 53.2. The summed E-state index contributed by atoms with van der Waals surface area (Å²) >= 11 is 0. The van der Waals surface area contributed by atoms with Gasteiger partial charge in [0.1, 0.15) is 0 Å². The molecule has 0 aliphatic carbocycles. The van der Waals surface area contributed by atoms with Gasteiger partial charge >= 0.3 is 0 Å². The molecule has 0 N–H and O–H groups in total. The van der Waals surface area contributed by atoms with Gasteiger partial charge in [-0.1, -0.05) is 168 Å². The molecule has 0 aliphatic rings. The SMILES string of the molecule is [C-]#[N+]c1ccc2c(c1)c1cc([N+]#[C-])ccc1n2-c1ccc(-c2nc(-c3cc(C(C)(C)C)cc(C(C)(C)C)c3)nc(-c3cc(C(C)(C)C)cc(C(C)(C)C)c3)n2)cc1-c1nc(-c2ccccc2)cc(-c2ccccc2)n1. The zero-order valence-corrected chi connectivity index (χ0v) is 45.1. The van der Waals surface area contributed by atoms with Crippen LogP contribution in [-0.2, 0) is 21.7 Å². The quantitative estimate of drug-likeness (QED) is 0.149. The van der Waals surface area contributed by atoms with Crippen molar-refractivity contribution >= 4 is 33.2 Å². The third-order valence-corrected chi connectivity index (χ3v) is 14.1. The highest BCUT2D eigenvalue weighted by molar-refractivity contribution is 6.12. The van der Waals surface area contributed by atoms with Crippen LogP contribution in [0.15, 0.2) is 158 Å². The van der Waals surface area contributed by atoms with Gasteiger partial charge in [-0.15, -0.1) is 0 Å². The molecule has 0 fully saturated rings. The van der Waals surface area contributed by atoms with Gasteiger partial charge in [0.2, 0.25) is 0 Å². The predicted molar refractivity (Wildman–Crippen MR) is 310 cm³/mol. The monoisotopic (exact) mass is 979 g/mol. The molecule has 8 nitrogen and oxygen atoms in total. The molecule has 0 spiro atoms. The predicted octanol–water partition coefficient (Wildman–Crippen LogP) is 18.1. The molecule has 0 bridgehead atoms. The summed E-state index contributed by atoms with van der Waals surface area (Å²) in [5.41, 5.74) is 14.6. The van der Waals surface area contributed by atoms with Gasteiger partial charge in [-0.05, 0) is 127 Å². The number of rotatable bonds is 7. The first-order valence-electron chi connectivity index (χ1n) is 25.6. The fourth-order valence-electron chi connectivity index (χ4n) is 9.54. The Balaban J connectivity index is 1.31. The molecule has 8 heteroatoms. The molecule has 0 atom stereocenters. The highest BCUT2D eigenvalue weighted by Crippen LogP contribution is 2.42. The summed E-state index contributed by atoms with van der Waals surface area (Å²) in [6.45, 7) is 42.9. The minimum absolute atomic E-state index is 0.142. The third-order valence-electron chi connectivity index (χ3n) is 14.1. The van der Waals surface area contributed by atoms with Gasteiger partial charge in [0.25, 0.3) is 0 Å². The lowest BCUT2D eigenvalue weighted by atomic mass is 9.79. The minimum atomic E-state index is -0.142. The summed E-state index contributed by atoms with van der Waals surface area (Å²) in [7, 11) is 0. The van der Waals surface area contributed by atoms with Crippen molar-refractivity contribution < 1.29 is 0 Å². The van der Waals surface area contributed by atoms with E-state index >= 15 is 0 Å². The average Bonchev–Trinajstić information content (AvgIpc) is 3.74. The van der Waals surface area contributed by atoms with Crippen LogP contribution in [0.25, 0.3) is 105 Å². The summed E-state index contributed by atoms with van der Waals surface area (Å²) in [4.78, 5) is 34.8. The molecule has 3 aromatic heterocycles. The van der Waals surface area contributed by atoms with Crippen molar-refractivity contribution in [2.45, 2.75) is 105 Å². The van der Waals surface area contributed by atoms with Gasteiger partial charge in [0.05, 0.1) is 41.3 Å². The molecular weight excluding hydrogens is 917 g/mol. The first-order chi connectivity index (χ1) is 35.5. The molecule has 0 amide bonds. The second kappa shape index (κ2) is 18.7. The summed E-state index contributed by atoms with van der Waals surface area (Å²) in [6.07, 6.45) is 0. The Morgan fingerprint density at radius 1 is 0.347 bits per heavy atom. The van der Waals surface area contributed by atoms with Crippen LogP contribution in [0.2, 0.25) is 0 Å². The molecule has 7 aromatic carbocycles. The number of nitrogens with zero attached hydrogens (tertiary/aromatic N) is 8. The van der Waals surface area contributed by atoms with Gasteiger partial charge in [0.15, 0.2) is 34.7 Å². The van der Waals surface area contributed by atoms with Crippen LogP contribution in [0.1, 0.15) is 105 Å². The molecule has 0 unspecified atom stereocenters. The van der Waals surface area contributed by atoms with E-state index < -0.39 is 0 Å². The van der Waals surface area contributed by atoms with E-state index in [4.69, 9.17) is 38.1 Å². The van der Waals surface area contributed by atoms with E-state index in [0.29, 0.717) is 34.7 Å². The van der Waals surface area contributed by atoms with E-state index in [9.17, 15) is 0 Å². The Bertz CT molecular complexity index is 3650. The van der Waals surface area contributed by atoms with E-state index in [2.05, 4.69) is 182 Å². The fourth-order valence-corrected chi connectivity index (χ4v) is 9.54. The smallest absolute Gasteiger partial charge is 0.188 e. The molecule has 0 aliphatic heterocycles. The second-order valence-electron chi connectivity index (χ2n) is 23.8. The molecular formula is C67H62N8. The molecule has 10 rings (SSSR count). The normalized spacial score (nSPS) is 12.2. The lowest BCUT2D eigenvalue weighted by Crippen LogP contribution is -2.17. The Hall–Kier alpha value is -8.59. The largest absolute Gasteiger partial charge is 0.309 e. The molecule has 75 heavy (non-hydrogen) atoms. The van der Waals surface area contributed by atoms with Crippen molar-refractivity contribution in [1.82, 2.24) is 29.5 Å². The van der Waals surface area contributed by atoms with E-state index in [-0.39, 0.29) is 21.7 Å². The summed E-state index contributed by atoms with van der Waals surface area (Å²) in [6, 6.07) is 53.9. The van der Waals surface area contributed by atoms with Crippen LogP contribution in [0.3, 0.4) is 0 Å². The first kappa shape index (κ1) is 50.0. The van der Waals surface area contributed by atoms with Gasteiger partial charge in [-0.2, -0.15) is 0 Å². The van der Waals surface area contributed by atoms with Crippen LogP contribution >= 0.6 is 0 Å². The summed E-state index contributed by atoms with van der Waals surface area (Å²) in [5, 5.41) is 1.74. The number of benzene rings is 7. The van der Waals surface area contributed by atoms with Crippen molar-refractivity contribution in [3.8, 4) is 73.8 Å². The Morgan fingerprint density at radius 2 is 0.733 bits per heavy atom. The molecule has 10 aromatic rings. The molecule has 3 heterocycles. The number of hydrogen-bond donors (Lipinski definition) is 0. The highest BCUT2D eigenvalue weighted by Gasteiger charge is 2.27. The third kappa shape index (κ3) is 9.97. The standard InChI is InChI=1S/C67H62N8/c1-64(2,3)46-31-44(32-47(36-46)65(4,5)6)61-72-60(73-62(74-61)45-33-48(66(7,8)9)37-49(34-45)67(10,11)12)43-25-28-59(75-57-29-26-50(68-13)38-52(57)53-39-51(69-14)27-30-58(53)75)54(35-43)63-70-55(41-21-17-15-18-22-41)40-56(71-63)42-23-19-16-20-24-42/h15-40H,1-12H3. The van der Waals surface area contributed by atoms with Crippen LogP contribution in [0.5, 0.6) is 0 Å². The van der Waals surface area contributed by atoms with E-state index in [1.54, 1.807) is 0 Å². The maximum atomic E-state index is 7.94. The van der Waals surface area contributed by atoms with E-state index in [1.165, 1.54) is 22.3 Å². The Labute approximate surface area is 441 Å². The lowest BCUT2D eigenvalue weighted by molar-refractivity contribution is 0.568. The molecule has 0 radical (unpaired) electrons. The van der Waals surface area contributed by atoms with Crippen LogP contribution < -0.4 is 0 Å². The van der Waals surface area contributed by atoms with Crippen LogP contribution in [-0.4, -0.2) is 29.5 Å². The van der Waals surface area contributed by atoms with Crippen molar-refractivity contribution in [1.29, 1.82) is 0 Å². The zero-order valence-electron chi connectivity index (χ0n) is 45.1. The fraction of sp³-hybridized carbons (Fsp3) is 0.239. The van der Waals surface area contributed by atoms with Gasteiger partial charge in [0, 0.05) is 33.4 Å². The van der Waals surface area contributed by atoms with Gasteiger partial charge in [-0.3, -0.25) is 0 Å². The lowest BCUT2D eigenvalue weighted by Gasteiger charge is -2.26. The Kier molecular flexibility index (Phi) is 12.5. The van der Waals surface area contributed by atoms with Crippen molar-refractivity contribution in [3.63, 3.8) is 0 Å². The highest BCUT2D eigenvalue weighted by atomic mass is 15.0. The average molecular weight is 979 g/mol. The summed E-state index contributed by atoms with van der Waals surface area (Å²) < 4.78 is 2.20. The maximum Gasteiger partial charge on any atom is 0.188 e. The van der Waals surface area contributed by atoms with Gasteiger partial charge < -0.3 is 4.57 Å². The van der Waals surface area contributed by atoms with Gasteiger partial charge in [-0.25, -0.2) is 34.6 Å². The van der Waals surface area contributed by atoms with Crippen LogP contribution in [0, 0.1) is 13.1 Å². The van der Waals surface area contributed by atoms with Crippen molar-refractivity contribution in [2.24, 2.45) is 0 Å². The number of hydrogen-bond acceptors (Lipinski definition) is 5. The second-order valence-corrected chi connectivity index (χ2v) is 23.8. The van der Waals surface area contributed by atoms with E-state index in [1.807, 2.05) is 72.8 Å². The van der Waals surface area contributed by atoms with Crippen molar-refractivity contribution in [3.05, 3.63) is 203 Å². The van der Waals surface area contributed by atoms with Crippen LogP contribution in [0.4, 0.5) is 11.4 Å². The summed E-state index contributed by atoms with van der Waals surface area (Å²) in [5.74, 6) is 2.18. The minimum Gasteiger partial charge on any atom is -0.309 e. The topological polar surface area (TPSA) is 78.1 Å². The maximum absolute atomic E-state index is 7.94. The van der Waals surface area contributed by atoms with Crippen molar-refractivity contribution in [2.75, 3.05) is 0 Å². The Morgan fingerprint density at radius 3 is 1.11 bits per heavy atom. The molecule has 0 saturated heterocycles.